The summed E-state index contributed by atoms with van der Waals surface area (Å²) in [5, 5.41) is 10.5. The Kier molecular flexibility index (Phi) is 3.52. The molecule has 0 fully saturated rings. The van der Waals surface area contributed by atoms with Crippen molar-refractivity contribution in [2.75, 3.05) is 13.3 Å². The number of ether oxygens (including phenoxy) is 2. The van der Waals surface area contributed by atoms with E-state index in [0.717, 1.165) is 24.4 Å². The van der Waals surface area contributed by atoms with Crippen molar-refractivity contribution in [2.24, 2.45) is 0 Å². The van der Waals surface area contributed by atoms with Crippen LogP contribution in [0.15, 0.2) is 18.5 Å². The Hall–Kier alpha value is -1.79. The fourth-order valence-electron chi connectivity index (χ4n) is 1.91. The van der Waals surface area contributed by atoms with Gasteiger partial charge < -0.3 is 14.8 Å². The van der Waals surface area contributed by atoms with E-state index in [-0.39, 0.29) is 6.79 Å². The lowest BCUT2D eigenvalue weighted by Crippen LogP contribution is -2.17. The molecule has 0 spiro atoms. The van der Waals surface area contributed by atoms with Crippen LogP contribution in [0.25, 0.3) is 0 Å². The zero-order chi connectivity index (χ0) is 13.1. The highest BCUT2D eigenvalue weighted by Crippen LogP contribution is 2.39. The van der Waals surface area contributed by atoms with Crippen LogP contribution in [0.5, 0.6) is 11.5 Å². The van der Waals surface area contributed by atoms with Gasteiger partial charge in [-0.1, -0.05) is 11.6 Å². The highest BCUT2D eigenvalue weighted by atomic mass is 35.5. The van der Waals surface area contributed by atoms with Gasteiger partial charge in [-0.3, -0.25) is 5.10 Å². The lowest BCUT2D eigenvalue weighted by Gasteiger charge is -2.06. The molecule has 0 radical (unpaired) electrons. The van der Waals surface area contributed by atoms with Gasteiger partial charge in [0, 0.05) is 19.5 Å². The molecule has 100 valence electrons. The Bertz CT molecular complexity index is 559. The Morgan fingerprint density at radius 1 is 1.37 bits per heavy atom. The van der Waals surface area contributed by atoms with Crippen molar-refractivity contribution in [1.82, 2.24) is 20.5 Å². The summed E-state index contributed by atoms with van der Waals surface area (Å²) in [5.41, 5.74) is 1.06. The first kappa shape index (κ1) is 12.3. The second-order valence-electron chi connectivity index (χ2n) is 4.17. The smallest absolute Gasteiger partial charge is 0.231 e. The van der Waals surface area contributed by atoms with Crippen LogP contribution >= 0.6 is 11.6 Å². The van der Waals surface area contributed by atoms with Crippen LogP contribution in [0.2, 0.25) is 5.02 Å². The Balaban J connectivity index is 1.54. The molecule has 1 aliphatic heterocycles. The summed E-state index contributed by atoms with van der Waals surface area (Å²) in [6.45, 7) is 1.75. The molecule has 0 unspecified atom stereocenters. The standard InChI is InChI=1S/C12H13ClN4O2/c13-9-3-8(4-10-12(9)19-7-18-10)5-14-2-1-11-15-6-16-17-11/h3-4,6,14H,1-2,5,7H2,(H,15,16,17). The van der Waals surface area contributed by atoms with E-state index < -0.39 is 0 Å². The Morgan fingerprint density at radius 3 is 3.16 bits per heavy atom. The summed E-state index contributed by atoms with van der Waals surface area (Å²) in [4.78, 5) is 4.06. The molecule has 2 heterocycles. The van der Waals surface area contributed by atoms with Crippen LogP contribution in [0.1, 0.15) is 11.4 Å². The topological polar surface area (TPSA) is 72.1 Å². The summed E-state index contributed by atoms with van der Waals surface area (Å²) < 4.78 is 10.6. The van der Waals surface area contributed by atoms with Crippen molar-refractivity contribution in [3.05, 3.63) is 34.9 Å². The predicted octanol–water partition coefficient (Wildman–Crippen LogP) is 1.52. The number of nitrogens with zero attached hydrogens (tertiary/aromatic N) is 2. The van der Waals surface area contributed by atoms with Crippen molar-refractivity contribution < 1.29 is 9.47 Å². The highest BCUT2D eigenvalue weighted by Gasteiger charge is 2.17. The minimum absolute atomic E-state index is 0.234. The van der Waals surface area contributed by atoms with Gasteiger partial charge in [-0.2, -0.15) is 5.10 Å². The zero-order valence-electron chi connectivity index (χ0n) is 10.1. The van der Waals surface area contributed by atoms with E-state index >= 15 is 0 Å². The van der Waals surface area contributed by atoms with Crippen LogP contribution in [0.4, 0.5) is 0 Å². The number of rotatable bonds is 5. The number of aromatic amines is 1. The molecule has 3 rings (SSSR count). The first-order chi connectivity index (χ1) is 9.33. The molecule has 1 aromatic carbocycles. The van der Waals surface area contributed by atoms with E-state index in [0.29, 0.717) is 23.1 Å². The van der Waals surface area contributed by atoms with Gasteiger partial charge in [0.25, 0.3) is 0 Å². The minimum atomic E-state index is 0.234. The molecule has 19 heavy (non-hydrogen) atoms. The molecule has 0 atom stereocenters. The number of benzene rings is 1. The van der Waals surface area contributed by atoms with Gasteiger partial charge in [-0.25, -0.2) is 4.98 Å². The first-order valence-corrected chi connectivity index (χ1v) is 6.34. The van der Waals surface area contributed by atoms with E-state index in [9.17, 15) is 0 Å². The van der Waals surface area contributed by atoms with Crippen LogP contribution in [-0.4, -0.2) is 28.5 Å². The van der Waals surface area contributed by atoms with Gasteiger partial charge in [0.15, 0.2) is 11.5 Å². The molecule has 1 aromatic heterocycles. The summed E-state index contributed by atoms with van der Waals surface area (Å²) in [7, 11) is 0. The van der Waals surface area contributed by atoms with Crippen molar-refractivity contribution >= 4 is 11.6 Å². The number of fused-ring (bicyclic) bond motifs is 1. The molecule has 0 bridgehead atoms. The predicted molar refractivity (Wildman–Crippen MR) is 69.4 cm³/mol. The number of hydrogen-bond donors (Lipinski definition) is 2. The third kappa shape index (κ3) is 2.80. The Labute approximate surface area is 115 Å². The molecule has 0 aliphatic carbocycles. The van der Waals surface area contributed by atoms with Gasteiger partial charge >= 0.3 is 0 Å². The monoisotopic (exact) mass is 280 g/mol. The fourth-order valence-corrected chi connectivity index (χ4v) is 2.20. The summed E-state index contributed by atoms with van der Waals surface area (Å²) in [5.74, 6) is 2.21. The lowest BCUT2D eigenvalue weighted by atomic mass is 10.2. The molecule has 0 saturated heterocycles. The maximum atomic E-state index is 6.11. The van der Waals surface area contributed by atoms with Gasteiger partial charge in [-0.15, -0.1) is 0 Å². The number of halogens is 1. The van der Waals surface area contributed by atoms with Crippen molar-refractivity contribution in [2.45, 2.75) is 13.0 Å². The summed E-state index contributed by atoms with van der Waals surface area (Å²) in [6.07, 6.45) is 2.31. The third-order valence-electron chi connectivity index (χ3n) is 2.82. The number of nitrogens with one attached hydrogen (secondary N) is 2. The van der Waals surface area contributed by atoms with E-state index in [1.807, 2.05) is 12.1 Å². The maximum absolute atomic E-state index is 6.11. The van der Waals surface area contributed by atoms with E-state index in [1.54, 1.807) is 0 Å². The normalized spacial score (nSPS) is 12.9. The molecule has 2 aromatic rings. The van der Waals surface area contributed by atoms with Crippen molar-refractivity contribution in [1.29, 1.82) is 0 Å². The lowest BCUT2D eigenvalue weighted by molar-refractivity contribution is 0.174. The van der Waals surface area contributed by atoms with Gasteiger partial charge in [0.1, 0.15) is 12.2 Å². The SMILES string of the molecule is Clc1cc(CNCCc2ncn[nH]2)cc2c1OCO2. The molecule has 2 N–H and O–H groups in total. The molecule has 6 nitrogen and oxygen atoms in total. The van der Waals surface area contributed by atoms with Crippen LogP contribution < -0.4 is 14.8 Å². The van der Waals surface area contributed by atoms with Crippen molar-refractivity contribution in [3.8, 4) is 11.5 Å². The maximum Gasteiger partial charge on any atom is 0.231 e. The second kappa shape index (κ2) is 5.46. The van der Waals surface area contributed by atoms with Gasteiger partial charge in [0.05, 0.1) is 5.02 Å². The highest BCUT2D eigenvalue weighted by molar-refractivity contribution is 6.32. The van der Waals surface area contributed by atoms with Crippen LogP contribution in [-0.2, 0) is 13.0 Å². The van der Waals surface area contributed by atoms with Crippen LogP contribution in [0.3, 0.4) is 0 Å². The minimum Gasteiger partial charge on any atom is -0.454 e. The average molecular weight is 281 g/mol. The molecule has 7 heteroatoms. The quantitative estimate of drug-likeness (QED) is 0.813. The zero-order valence-corrected chi connectivity index (χ0v) is 10.9. The molecular formula is C12H13ClN4O2. The van der Waals surface area contributed by atoms with E-state index in [1.165, 1.54) is 6.33 Å². The molecule has 1 aliphatic rings. The molecular weight excluding hydrogens is 268 g/mol. The van der Waals surface area contributed by atoms with Gasteiger partial charge in [0.2, 0.25) is 6.79 Å². The first-order valence-electron chi connectivity index (χ1n) is 5.96. The molecule has 0 amide bonds. The average Bonchev–Trinajstić information content (AvgIpc) is 3.05. The van der Waals surface area contributed by atoms with Crippen molar-refractivity contribution in [3.63, 3.8) is 0 Å². The number of aromatic nitrogens is 3. The van der Waals surface area contributed by atoms with E-state index in [2.05, 4.69) is 20.5 Å². The van der Waals surface area contributed by atoms with Crippen LogP contribution in [0, 0.1) is 0 Å². The second-order valence-corrected chi connectivity index (χ2v) is 4.58. The Morgan fingerprint density at radius 2 is 2.32 bits per heavy atom. The summed E-state index contributed by atoms with van der Waals surface area (Å²) in [6, 6.07) is 3.83. The number of hydrogen-bond acceptors (Lipinski definition) is 5. The number of H-pyrrole nitrogens is 1. The molecule has 0 saturated carbocycles. The van der Waals surface area contributed by atoms with E-state index in [4.69, 9.17) is 21.1 Å². The summed E-state index contributed by atoms with van der Waals surface area (Å²) >= 11 is 6.11. The third-order valence-corrected chi connectivity index (χ3v) is 3.10. The van der Waals surface area contributed by atoms with Gasteiger partial charge in [-0.05, 0) is 17.7 Å². The fraction of sp³-hybridized carbons (Fsp3) is 0.333. The largest absolute Gasteiger partial charge is 0.454 e.